The highest BCUT2D eigenvalue weighted by Gasteiger charge is 2.38. The zero-order chi connectivity index (χ0) is 47.9. The van der Waals surface area contributed by atoms with Crippen LogP contribution in [0.3, 0.4) is 0 Å². The molecule has 1 N–H and O–H groups in total. The molecular formula is C54H57N5O10. The van der Waals surface area contributed by atoms with Gasteiger partial charge in [0.25, 0.3) is 11.8 Å². The largest absolute Gasteiger partial charge is 0.493 e. The lowest BCUT2D eigenvalue weighted by Crippen LogP contribution is -2.37. The van der Waals surface area contributed by atoms with Gasteiger partial charge in [-0.15, -0.1) is 0 Å². The molecule has 358 valence electrons. The van der Waals surface area contributed by atoms with Crippen LogP contribution in [0.4, 0.5) is 28.4 Å². The fourth-order valence-corrected chi connectivity index (χ4v) is 9.37. The van der Waals surface area contributed by atoms with Gasteiger partial charge >= 0.3 is 5.97 Å². The van der Waals surface area contributed by atoms with Crippen molar-refractivity contribution in [3.05, 3.63) is 130 Å². The summed E-state index contributed by atoms with van der Waals surface area (Å²) < 4.78 is 35.4. The number of carbonyl (C=O) groups is 3. The Hall–Kier alpha value is -7.07. The van der Waals surface area contributed by atoms with Gasteiger partial charge in [-0.25, -0.2) is 0 Å². The first-order valence-electron chi connectivity index (χ1n) is 23.5. The van der Waals surface area contributed by atoms with Crippen LogP contribution in [0.1, 0.15) is 74.7 Å². The maximum atomic E-state index is 14.1. The Balaban J connectivity index is 0.997. The highest BCUT2D eigenvalue weighted by Crippen LogP contribution is 2.42. The van der Waals surface area contributed by atoms with Crippen molar-refractivity contribution in [2.75, 3.05) is 68.4 Å². The fourth-order valence-electron chi connectivity index (χ4n) is 9.37. The van der Waals surface area contributed by atoms with E-state index in [1.54, 1.807) is 41.2 Å². The first kappa shape index (κ1) is 47.0. The van der Waals surface area contributed by atoms with E-state index in [4.69, 9.17) is 38.4 Å². The molecule has 5 aromatic rings. The van der Waals surface area contributed by atoms with Crippen LogP contribution in [0.2, 0.25) is 0 Å². The van der Waals surface area contributed by atoms with Gasteiger partial charge in [0, 0.05) is 86.1 Å². The average molecular weight is 936 g/mol. The van der Waals surface area contributed by atoms with Crippen molar-refractivity contribution < 1.29 is 47.9 Å². The predicted molar refractivity (Wildman–Crippen MR) is 264 cm³/mol. The summed E-state index contributed by atoms with van der Waals surface area (Å²) in [4.78, 5) is 55.7. The molecule has 0 aliphatic carbocycles. The molecule has 2 amide bonds. The number of para-hydroxylation sites is 2. The van der Waals surface area contributed by atoms with E-state index in [1.165, 1.54) is 7.11 Å². The number of aliphatic imine (C=N–C) groups is 2. The van der Waals surface area contributed by atoms with Crippen LogP contribution in [0.15, 0.2) is 101 Å². The van der Waals surface area contributed by atoms with Gasteiger partial charge in [0.15, 0.2) is 11.5 Å². The molecule has 0 unspecified atom stereocenters. The van der Waals surface area contributed by atoms with E-state index in [1.807, 2.05) is 79.2 Å². The number of methoxy groups -OCH3 is 2. The smallest absolute Gasteiger partial charge is 0.305 e. The molecule has 5 aromatic carbocycles. The second-order valence-corrected chi connectivity index (χ2v) is 17.3. The Morgan fingerprint density at radius 1 is 0.696 bits per heavy atom. The van der Waals surface area contributed by atoms with Gasteiger partial charge < -0.3 is 38.4 Å². The molecule has 0 radical (unpaired) electrons. The Bertz CT molecular complexity index is 2610. The van der Waals surface area contributed by atoms with Crippen molar-refractivity contribution in [1.29, 1.82) is 0 Å². The van der Waals surface area contributed by atoms with E-state index in [0.717, 1.165) is 45.7 Å². The quantitative estimate of drug-likeness (QED) is 0.0559. The lowest BCUT2D eigenvalue weighted by Gasteiger charge is -2.26. The first-order chi connectivity index (χ1) is 33.8. The van der Waals surface area contributed by atoms with Gasteiger partial charge in [0.05, 0.1) is 75.2 Å². The van der Waals surface area contributed by atoms with E-state index in [2.05, 4.69) is 11.8 Å². The summed E-state index contributed by atoms with van der Waals surface area (Å²) in [5.41, 5.74) is 8.56. The molecule has 4 aliphatic rings. The number of nitrogens with zero attached hydrogens (tertiary/aromatic N) is 5. The monoisotopic (exact) mass is 935 g/mol. The van der Waals surface area contributed by atoms with Crippen molar-refractivity contribution in [3.63, 3.8) is 0 Å². The van der Waals surface area contributed by atoms with E-state index < -0.39 is 0 Å². The summed E-state index contributed by atoms with van der Waals surface area (Å²) in [7, 11) is 2.92. The second kappa shape index (κ2) is 21.5. The number of rotatable bonds is 21. The Labute approximate surface area is 401 Å². The van der Waals surface area contributed by atoms with Gasteiger partial charge in [-0.3, -0.25) is 34.2 Å². The minimum absolute atomic E-state index is 0.0907. The van der Waals surface area contributed by atoms with Crippen LogP contribution in [0.5, 0.6) is 17.2 Å². The van der Waals surface area contributed by atoms with E-state index in [0.29, 0.717) is 104 Å². The Morgan fingerprint density at radius 2 is 1.28 bits per heavy atom. The highest BCUT2D eigenvalue weighted by molar-refractivity contribution is 6.15. The summed E-state index contributed by atoms with van der Waals surface area (Å²) in [5, 5.41) is 10.6. The summed E-state index contributed by atoms with van der Waals surface area (Å²) >= 11 is 0. The molecule has 0 fully saturated rings. The van der Waals surface area contributed by atoms with E-state index in [9.17, 15) is 19.5 Å². The average Bonchev–Trinajstić information content (AvgIpc) is 3.87. The molecule has 0 aromatic heterocycles. The molecule has 0 saturated carbocycles. The number of ether oxygens (including phenoxy) is 6. The van der Waals surface area contributed by atoms with Gasteiger partial charge in [-0.1, -0.05) is 43.3 Å². The number of carbonyl (C=O) groups excluding carboxylic acids is 3. The van der Waals surface area contributed by atoms with Crippen molar-refractivity contribution in [1.82, 2.24) is 0 Å². The molecule has 15 heteroatoms. The topological polar surface area (TPSA) is 161 Å². The van der Waals surface area contributed by atoms with E-state index in [-0.39, 0.29) is 56.1 Å². The van der Waals surface area contributed by atoms with Crippen LogP contribution < -0.4 is 28.9 Å². The molecule has 15 nitrogen and oxygen atoms in total. The molecule has 2 atom stereocenters. The Morgan fingerprint density at radius 3 is 1.87 bits per heavy atom. The summed E-state index contributed by atoms with van der Waals surface area (Å²) in [5.74, 6) is 0.562. The molecular weight excluding hydrogens is 879 g/mol. The third-order valence-electron chi connectivity index (χ3n) is 12.8. The lowest BCUT2D eigenvalue weighted by atomic mass is 10.1. The van der Waals surface area contributed by atoms with Crippen LogP contribution in [-0.2, 0) is 51.7 Å². The maximum absolute atomic E-state index is 14.1. The van der Waals surface area contributed by atoms with Crippen LogP contribution >= 0.6 is 0 Å². The minimum Gasteiger partial charge on any atom is -0.493 e. The lowest BCUT2D eigenvalue weighted by molar-refractivity contribution is -0.140. The van der Waals surface area contributed by atoms with Crippen molar-refractivity contribution in [2.45, 2.75) is 70.9 Å². The number of amides is 2. The molecule has 4 heterocycles. The number of hydrogen-bond acceptors (Lipinski definition) is 13. The number of benzene rings is 5. The molecule has 9 rings (SSSR count). The normalized spacial score (nSPS) is 16.2. The van der Waals surface area contributed by atoms with Gasteiger partial charge in [0.2, 0.25) is 0 Å². The summed E-state index contributed by atoms with van der Waals surface area (Å²) in [6.07, 6.45) is 6.68. The fraction of sp³-hybridized carbons (Fsp3) is 0.352. The molecule has 4 aliphatic heterocycles. The molecule has 0 bridgehead atoms. The maximum Gasteiger partial charge on any atom is 0.305 e. The zero-order valence-corrected chi connectivity index (χ0v) is 39.2. The van der Waals surface area contributed by atoms with Crippen molar-refractivity contribution in [3.8, 4) is 17.2 Å². The number of anilines is 3. The number of aliphatic hydroxyl groups excluding tert-OH is 1. The molecule has 0 saturated heterocycles. The van der Waals surface area contributed by atoms with Crippen molar-refractivity contribution in [2.24, 2.45) is 9.98 Å². The van der Waals surface area contributed by atoms with Gasteiger partial charge in [-0.2, -0.15) is 0 Å². The van der Waals surface area contributed by atoms with Crippen molar-refractivity contribution >= 4 is 58.6 Å². The summed E-state index contributed by atoms with van der Waals surface area (Å²) in [6.45, 7) is 4.96. The van der Waals surface area contributed by atoms with Crippen LogP contribution in [0, 0.1) is 0 Å². The minimum atomic E-state index is -0.361. The standard InChI is InChI=1S/C54H57N5O10/c1-4-17-66-19-20-67-18-16-57(15-9-14-52(61)65-3)40-22-35(33-68-49-28-45-43(26-39(49)32-60)53(62)58-41(30-55-45)24-37-10-5-7-12-47(37)58)21-36(23-40)34-69-51-29-46-44(27-50(51)64-2)54(63)59-42(31-56-46)25-38-11-6-8-13-48(38)59/h5-8,10-13,21-23,26-31,41-42,60H,4,9,14-20,24-25,32-34H2,1-3H3/t41-,42-/m0/s1. The van der Waals surface area contributed by atoms with Crippen LogP contribution in [-0.4, -0.2) is 101 Å². The SMILES string of the molecule is CCCOCCOCCN(CCCC(=O)OC)c1cc(COc2cc3c(cc2CO)C(=O)N2c4ccccc4C[C@H]2C=N3)cc(COc2cc3c(cc2OC)C(=O)N2c4ccccc4C[C@H]2C=N3)c1. The zero-order valence-electron chi connectivity index (χ0n) is 39.2. The van der Waals surface area contributed by atoms with Gasteiger partial charge in [-0.05, 0) is 77.6 Å². The number of esters is 1. The number of hydrogen-bond donors (Lipinski definition) is 1. The predicted octanol–water partition coefficient (Wildman–Crippen LogP) is 8.12. The van der Waals surface area contributed by atoms with Crippen LogP contribution in [0.25, 0.3) is 0 Å². The van der Waals surface area contributed by atoms with E-state index >= 15 is 0 Å². The Kier molecular flexibility index (Phi) is 14.6. The first-order valence-corrected chi connectivity index (χ1v) is 23.5. The molecule has 0 spiro atoms. The summed E-state index contributed by atoms with van der Waals surface area (Å²) in [6, 6.07) is 28.2. The third-order valence-corrected chi connectivity index (χ3v) is 12.8. The molecule has 69 heavy (non-hydrogen) atoms. The second-order valence-electron chi connectivity index (χ2n) is 17.3. The number of aliphatic hydroxyl groups is 1. The van der Waals surface area contributed by atoms with Gasteiger partial charge in [0.1, 0.15) is 19.0 Å². The third kappa shape index (κ3) is 10.2. The number of fused-ring (bicyclic) bond motifs is 8. The highest BCUT2D eigenvalue weighted by atomic mass is 16.5.